The Bertz CT molecular complexity index is 376. The smallest absolute Gasteiger partial charge is 0.00966 e. The molecule has 1 aromatic rings. The van der Waals surface area contributed by atoms with Crippen LogP contribution in [0.2, 0.25) is 0 Å². The van der Waals surface area contributed by atoms with Crippen LogP contribution in [-0.2, 0) is 6.42 Å². The lowest BCUT2D eigenvalue weighted by atomic mass is 9.87. The van der Waals surface area contributed by atoms with E-state index in [4.69, 9.17) is 0 Å². The van der Waals surface area contributed by atoms with Crippen molar-refractivity contribution in [3.63, 3.8) is 0 Å². The van der Waals surface area contributed by atoms with Gasteiger partial charge in [-0.05, 0) is 56.7 Å². The number of benzene rings is 1. The predicted octanol–water partition coefficient (Wildman–Crippen LogP) is 4.77. The summed E-state index contributed by atoms with van der Waals surface area (Å²) in [6.07, 6.45) is 2.41. The van der Waals surface area contributed by atoms with Gasteiger partial charge in [-0.2, -0.15) is 0 Å². The molecule has 1 rings (SSSR count). The van der Waals surface area contributed by atoms with Gasteiger partial charge in [0.05, 0.1) is 0 Å². The highest BCUT2D eigenvalue weighted by Gasteiger charge is 2.17. The molecule has 0 saturated heterocycles. The lowest BCUT2D eigenvalue weighted by molar-refractivity contribution is 0.359. The molecule has 0 aliphatic carbocycles. The molecule has 0 bridgehead atoms. The van der Waals surface area contributed by atoms with Crippen LogP contribution < -0.4 is 5.32 Å². The van der Waals surface area contributed by atoms with Crippen LogP contribution in [0.25, 0.3) is 0 Å². The molecule has 1 heteroatoms. The van der Waals surface area contributed by atoms with Gasteiger partial charge in [-0.15, -0.1) is 0 Å². The van der Waals surface area contributed by atoms with Gasteiger partial charge in [0.15, 0.2) is 0 Å². The van der Waals surface area contributed by atoms with Crippen molar-refractivity contribution in [3.05, 3.63) is 35.4 Å². The second kappa shape index (κ2) is 7.09. The predicted molar refractivity (Wildman–Crippen MR) is 85.8 cm³/mol. The van der Waals surface area contributed by atoms with Gasteiger partial charge >= 0.3 is 0 Å². The quantitative estimate of drug-likeness (QED) is 0.778. The van der Waals surface area contributed by atoms with E-state index in [1.165, 1.54) is 24.0 Å². The van der Waals surface area contributed by atoms with Crippen molar-refractivity contribution >= 4 is 0 Å². The van der Waals surface area contributed by atoms with Crippen molar-refractivity contribution < 1.29 is 0 Å². The maximum Gasteiger partial charge on any atom is 0.00966 e. The van der Waals surface area contributed by atoms with E-state index in [1.807, 2.05) is 0 Å². The zero-order valence-electron chi connectivity index (χ0n) is 13.6. The summed E-state index contributed by atoms with van der Waals surface area (Å²) in [6, 6.07) is 9.12. The molecule has 0 heterocycles. The maximum atomic E-state index is 3.61. The molecular formula is C18H31N. The molecule has 0 saturated carbocycles. The van der Waals surface area contributed by atoms with Crippen LogP contribution in [0.1, 0.15) is 65.0 Å². The van der Waals surface area contributed by atoms with Gasteiger partial charge in [0.2, 0.25) is 0 Å². The van der Waals surface area contributed by atoms with E-state index in [-0.39, 0.29) is 5.54 Å². The number of nitrogens with one attached hydrogen (secondary N) is 1. The van der Waals surface area contributed by atoms with E-state index < -0.39 is 0 Å². The standard InChI is InChI=1S/C18H31N/c1-7-9-16-10-8-11-17(12-16)15(3)14(2)13-19-18(4,5)6/h8,10-12,14-15,19H,7,9,13H2,1-6H3. The molecule has 2 unspecified atom stereocenters. The highest BCUT2D eigenvalue weighted by atomic mass is 14.9. The average Bonchev–Trinajstić information content (AvgIpc) is 2.35. The second-order valence-electron chi connectivity index (χ2n) is 6.89. The molecule has 0 aliphatic rings. The second-order valence-corrected chi connectivity index (χ2v) is 6.89. The van der Waals surface area contributed by atoms with Gasteiger partial charge in [0.1, 0.15) is 0 Å². The maximum absolute atomic E-state index is 3.61. The number of hydrogen-bond acceptors (Lipinski definition) is 1. The minimum atomic E-state index is 0.206. The lowest BCUT2D eigenvalue weighted by Gasteiger charge is -2.27. The van der Waals surface area contributed by atoms with Crippen LogP contribution >= 0.6 is 0 Å². The third-order valence-electron chi connectivity index (χ3n) is 3.82. The monoisotopic (exact) mass is 261 g/mol. The number of rotatable bonds is 6. The zero-order chi connectivity index (χ0) is 14.5. The first-order valence-corrected chi connectivity index (χ1v) is 7.67. The summed E-state index contributed by atoms with van der Waals surface area (Å²) >= 11 is 0. The SMILES string of the molecule is CCCc1cccc(C(C)C(C)CNC(C)(C)C)c1. The van der Waals surface area contributed by atoms with Gasteiger partial charge < -0.3 is 5.32 Å². The normalized spacial score (nSPS) is 15.3. The van der Waals surface area contributed by atoms with Gasteiger partial charge in [0, 0.05) is 5.54 Å². The molecule has 0 spiro atoms. The van der Waals surface area contributed by atoms with Crippen molar-refractivity contribution in [1.29, 1.82) is 0 Å². The lowest BCUT2D eigenvalue weighted by Crippen LogP contribution is -2.39. The summed E-state index contributed by atoms with van der Waals surface area (Å²) in [6.45, 7) is 14.7. The fourth-order valence-electron chi connectivity index (χ4n) is 2.29. The first-order chi connectivity index (χ1) is 8.83. The average molecular weight is 261 g/mol. The summed E-state index contributed by atoms with van der Waals surface area (Å²) in [5, 5.41) is 3.61. The third kappa shape index (κ3) is 5.78. The van der Waals surface area contributed by atoms with E-state index in [9.17, 15) is 0 Å². The van der Waals surface area contributed by atoms with Crippen LogP contribution in [-0.4, -0.2) is 12.1 Å². The fourth-order valence-corrected chi connectivity index (χ4v) is 2.29. The van der Waals surface area contributed by atoms with Crippen LogP contribution in [0.5, 0.6) is 0 Å². The minimum Gasteiger partial charge on any atom is -0.312 e. The van der Waals surface area contributed by atoms with Crippen molar-refractivity contribution in [1.82, 2.24) is 5.32 Å². The van der Waals surface area contributed by atoms with Gasteiger partial charge in [-0.1, -0.05) is 51.5 Å². The topological polar surface area (TPSA) is 12.0 Å². The Labute approximate surface area is 119 Å². The molecule has 0 amide bonds. The van der Waals surface area contributed by atoms with Gasteiger partial charge in [-0.3, -0.25) is 0 Å². The molecule has 0 aromatic heterocycles. The van der Waals surface area contributed by atoms with Crippen LogP contribution in [0.4, 0.5) is 0 Å². The van der Waals surface area contributed by atoms with Crippen LogP contribution in [0, 0.1) is 5.92 Å². The van der Waals surface area contributed by atoms with Crippen molar-refractivity contribution in [2.24, 2.45) is 5.92 Å². The summed E-state index contributed by atoms with van der Waals surface area (Å²) in [7, 11) is 0. The Balaban J connectivity index is 2.65. The molecule has 1 nitrogen and oxygen atoms in total. The Kier molecular flexibility index (Phi) is 6.06. The third-order valence-corrected chi connectivity index (χ3v) is 3.82. The summed E-state index contributed by atoms with van der Waals surface area (Å²) in [5.74, 6) is 1.25. The Morgan fingerprint density at radius 1 is 1.16 bits per heavy atom. The van der Waals surface area contributed by atoms with E-state index in [2.05, 4.69) is 71.1 Å². The van der Waals surface area contributed by atoms with E-state index >= 15 is 0 Å². The van der Waals surface area contributed by atoms with E-state index in [0.29, 0.717) is 11.8 Å². The zero-order valence-corrected chi connectivity index (χ0v) is 13.6. The molecule has 19 heavy (non-hydrogen) atoms. The molecule has 108 valence electrons. The van der Waals surface area contributed by atoms with Gasteiger partial charge in [-0.25, -0.2) is 0 Å². The first kappa shape index (κ1) is 16.2. The van der Waals surface area contributed by atoms with E-state index in [0.717, 1.165) is 6.54 Å². The number of hydrogen-bond donors (Lipinski definition) is 1. The summed E-state index contributed by atoms with van der Waals surface area (Å²) < 4.78 is 0. The van der Waals surface area contributed by atoms with Crippen molar-refractivity contribution in [2.75, 3.05) is 6.54 Å². The first-order valence-electron chi connectivity index (χ1n) is 7.67. The van der Waals surface area contributed by atoms with Crippen LogP contribution in [0.15, 0.2) is 24.3 Å². The largest absolute Gasteiger partial charge is 0.312 e. The summed E-state index contributed by atoms with van der Waals surface area (Å²) in [5.41, 5.74) is 3.16. The molecule has 2 atom stereocenters. The van der Waals surface area contributed by atoms with Crippen molar-refractivity contribution in [2.45, 2.75) is 65.8 Å². The summed E-state index contributed by atoms with van der Waals surface area (Å²) in [4.78, 5) is 0. The number of aryl methyl sites for hydroxylation is 1. The minimum absolute atomic E-state index is 0.206. The fraction of sp³-hybridized carbons (Fsp3) is 0.667. The molecule has 1 N–H and O–H groups in total. The Hall–Kier alpha value is -0.820. The van der Waals surface area contributed by atoms with Gasteiger partial charge in [0.25, 0.3) is 0 Å². The molecule has 0 aliphatic heterocycles. The molecule has 1 aromatic carbocycles. The Morgan fingerprint density at radius 2 is 1.84 bits per heavy atom. The molecular weight excluding hydrogens is 230 g/mol. The van der Waals surface area contributed by atoms with E-state index in [1.54, 1.807) is 0 Å². The Morgan fingerprint density at radius 3 is 2.42 bits per heavy atom. The van der Waals surface area contributed by atoms with Crippen LogP contribution in [0.3, 0.4) is 0 Å². The molecule has 0 radical (unpaired) electrons. The highest BCUT2D eigenvalue weighted by Crippen LogP contribution is 2.25. The molecule has 0 fully saturated rings. The highest BCUT2D eigenvalue weighted by molar-refractivity contribution is 5.26. The van der Waals surface area contributed by atoms with Crippen molar-refractivity contribution in [3.8, 4) is 0 Å².